The van der Waals surface area contributed by atoms with Crippen molar-refractivity contribution in [2.24, 2.45) is 5.92 Å². The van der Waals surface area contributed by atoms with Crippen LogP contribution in [-0.2, 0) is 4.79 Å². The third-order valence-corrected chi connectivity index (χ3v) is 3.90. The van der Waals surface area contributed by atoms with Crippen LogP contribution >= 0.6 is 0 Å². The highest BCUT2D eigenvalue weighted by molar-refractivity contribution is 5.79. The summed E-state index contributed by atoms with van der Waals surface area (Å²) in [5, 5.41) is 13.0. The molecular formula is C17H24N2O2. The van der Waals surface area contributed by atoms with Crippen molar-refractivity contribution in [2.45, 2.75) is 25.4 Å². The molecule has 2 N–H and O–H groups in total. The summed E-state index contributed by atoms with van der Waals surface area (Å²) in [6.07, 6.45) is 6.18. The molecule has 114 valence electrons. The second kappa shape index (κ2) is 7.27. The van der Waals surface area contributed by atoms with Crippen LogP contribution in [0.2, 0.25) is 0 Å². The second-order valence-corrected chi connectivity index (χ2v) is 5.73. The lowest BCUT2D eigenvalue weighted by atomic mass is 9.93. The SMILES string of the molecule is CN(C)c1ccc([C@H](O)CNC(=O)[C@@H]2CC=CCC2)cc1. The third kappa shape index (κ3) is 4.33. The maximum Gasteiger partial charge on any atom is 0.223 e. The maximum absolute atomic E-state index is 12.0. The van der Waals surface area contributed by atoms with Crippen LogP contribution < -0.4 is 10.2 Å². The van der Waals surface area contributed by atoms with E-state index >= 15 is 0 Å². The summed E-state index contributed by atoms with van der Waals surface area (Å²) in [4.78, 5) is 14.0. The molecule has 0 aromatic heterocycles. The molecule has 0 spiro atoms. The number of nitrogens with zero attached hydrogens (tertiary/aromatic N) is 1. The van der Waals surface area contributed by atoms with Crippen LogP contribution in [0.3, 0.4) is 0 Å². The zero-order valence-corrected chi connectivity index (χ0v) is 12.7. The molecule has 1 aliphatic carbocycles. The highest BCUT2D eigenvalue weighted by atomic mass is 16.3. The summed E-state index contributed by atoms with van der Waals surface area (Å²) in [7, 11) is 3.95. The Labute approximate surface area is 126 Å². The zero-order valence-electron chi connectivity index (χ0n) is 12.7. The minimum Gasteiger partial charge on any atom is -0.387 e. The number of aliphatic hydroxyl groups excluding tert-OH is 1. The van der Waals surface area contributed by atoms with Crippen molar-refractivity contribution in [3.8, 4) is 0 Å². The van der Waals surface area contributed by atoms with Gasteiger partial charge in [-0.05, 0) is 37.0 Å². The number of hydrogen-bond acceptors (Lipinski definition) is 3. The number of aliphatic hydroxyl groups is 1. The Hall–Kier alpha value is -1.81. The number of amides is 1. The maximum atomic E-state index is 12.0. The van der Waals surface area contributed by atoms with Crippen molar-refractivity contribution in [3.05, 3.63) is 42.0 Å². The van der Waals surface area contributed by atoms with E-state index in [0.29, 0.717) is 0 Å². The van der Waals surface area contributed by atoms with Gasteiger partial charge >= 0.3 is 0 Å². The predicted octanol–water partition coefficient (Wildman–Crippen LogP) is 2.26. The van der Waals surface area contributed by atoms with Crippen molar-refractivity contribution >= 4 is 11.6 Å². The van der Waals surface area contributed by atoms with Gasteiger partial charge in [-0.2, -0.15) is 0 Å². The van der Waals surface area contributed by atoms with E-state index in [4.69, 9.17) is 0 Å². The van der Waals surface area contributed by atoms with Crippen LogP contribution in [0, 0.1) is 5.92 Å². The number of rotatable bonds is 5. The zero-order chi connectivity index (χ0) is 15.2. The largest absolute Gasteiger partial charge is 0.387 e. The highest BCUT2D eigenvalue weighted by Crippen LogP contribution is 2.20. The van der Waals surface area contributed by atoms with Crippen LogP contribution in [0.25, 0.3) is 0 Å². The monoisotopic (exact) mass is 288 g/mol. The van der Waals surface area contributed by atoms with Crippen LogP contribution in [0.1, 0.15) is 30.9 Å². The standard InChI is InChI=1S/C17H24N2O2/c1-19(2)15-10-8-13(9-11-15)16(20)12-18-17(21)14-6-4-3-5-7-14/h3-4,8-11,14,16,20H,5-7,12H2,1-2H3,(H,18,21)/t14-,16-/m1/s1. The average Bonchev–Trinajstić information content (AvgIpc) is 2.53. The smallest absolute Gasteiger partial charge is 0.223 e. The van der Waals surface area contributed by atoms with Gasteiger partial charge in [0.05, 0.1) is 6.10 Å². The van der Waals surface area contributed by atoms with Crippen LogP contribution in [0.15, 0.2) is 36.4 Å². The molecule has 4 nitrogen and oxygen atoms in total. The molecule has 0 unspecified atom stereocenters. The number of anilines is 1. The van der Waals surface area contributed by atoms with Crippen molar-refractivity contribution in [1.29, 1.82) is 0 Å². The first kappa shape index (κ1) is 15.6. The molecule has 1 amide bonds. The molecule has 0 radical (unpaired) electrons. The number of allylic oxidation sites excluding steroid dienone is 2. The van der Waals surface area contributed by atoms with E-state index in [1.807, 2.05) is 43.3 Å². The molecule has 0 aliphatic heterocycles. The van der Waals surface area contributed by atoms with Crippen molar-refractivity contribution in [2.75, 3.05) is 25.5 Å². The summed E-state index contributed by atoms with van der Waals surface area (Å²) < 4.78 is 0. The summed E-state index contributed by atoms with van der Waals surface area (Å²) in [6.45, 7) is 0.264. The Morgan fingerprint density at radius 1 is 1.33 bits per heavy atom. The van der Waals surface area contributed by atoms with Gasteiger partial charge in [0.2, 0.25) is 5.91 Å². The van der Waals surface area contributed by atoms with Crippen molar-refractivity contribution in [1.82, 2.24) is 5.32 Å². The van der Waals surface area contributed by atoms with E-state index in [1.54, 1.807) is 0 Å². The summed E-state index contributed by atoms with van der Waals surface area (Å²) in [5.41, 5.74) is 1.91. The van der Waals surface area contributed by atoms with Gasteiger partial charge in [-0.25, -0.2) is 0 Å². The molecule has 0 bridgehead atoms. The molecule has 0 saturated carbocycles. The molecule has 2 atom stereocenters. The Kier molecular flexibility index (Phi) is 5.39. The normalized spacial score (nSPS) is 19.1. The summed E-state index contributed by atoms with van der Waals surface area (Å²) in [6, 6.07) is 7.73. The Bertz CT molecular complexity index is 494. The Morgan fingerprint density at radius 3 is 2.62 bits per heavy atom. The molecule has 4 heteroatoms. The van der Waals surface area contributed by atoms with Crippen LogP contribution in [-0.4, -0.2) is 31.7 Å². The van der Waals surface area contributed by atoms with Gasteiger partial charge < -0.3 is 15.3 Å². The van der Waals surface area contributed by atoms with Crippen molar-refractivity contribution in [3.63, 3.8) is 0 Å². The molecular weight excluding hydrogens is 264 g/mol. The molecule has 0 heterocycles. The van der Waals surface area contributed by atoms with Crippen LogP contribution in [0.4, 0.5) is 5.69 Å². The minimum absolute atomic E-state index is 0.0447. The van der Waals surface area contributed by atoms with Gasteiger partial charge in [-0.15, -0.1) is 0 Å². The minimum atomic E-state index is -0.663. The average molecular weight is 288 g/mol. The number of benzene rings is 1. The van der Waals surface area contributed by atoms with Crippen molar-refractivity contribution < 1.29 is 9.90 Å². The fraction of sp³-hybridized carbons (Fsp3) is 0.471. The molecule has 0 saturated heterocycles. The van der Waals surface area contributed by atoms with Crippen LogP contribution in [0.5, 0.6) is 0 Å². The van der Waals surface area contributed by atoms with E-state index in [9.17, 15) is 9.90 Å². The topological polar surface area (TPSA) is 52.6 Å². The molecule has 0 fully saturated rings. The summed E-state index contributed by atoms with van der Waals surface area (Å²) >= 11 is 0. The lowest BCUT2D eigenvalue weighted by molar-refractivity contribution is -0.125. The lowest BCUT2D eigenvalue weighted by Crippen LogP contribution is -2.34. The first-order valence-corrected chi connectivity index (χ1v) is 7.46. The predicted molar refractivity (Wildman–Crippen MR) is 85.2 cm³/mol. The Morgan fingerprint density at radius 2 is 2.05 bits per heavy atom. The number of carbonyl (C=O) groups excluding carboxylic acids is 1. The molecule has 1 aliphatic rings. The van der Waals surface area contributed by atoms with Gasteiger partial charge in [-0.3, -0.25) is 4.79 Å². The fourth-order valence-corrected chi connectivity index (χ4v) is 2.49. The van der Waals surface area contributed by atoms with E-state index < -0.39 is 6.10 Å². The number of hydrogen-bond donors (Lipinski definition) is 2. The van der Waals surface area contributed by atoms with Gasteiger partial charge in [0.1, 0.15) is 0 Å². The Balaban J connectivity index is 1.84. The van der Waals surface area contributed by atoms with Gasteiger partial charge in [0.15, 0.2) is 0 Å². The van der Waals surface area contributed by atoms with E-state index in [0.717, 1.165) is 30.5 Å². The van der Waals surface area contributed by atoms with E-state index in [2.05, 4.69) is 17.5 Å². The van der Waals surface area contributed by atoms with Gasteiger partial charge in [-0.1, -0.05) is 24.3 Å². The highest BCUT2D eigenvalue weighted by Gasteiger charge is 2.19. The number of carbonyl (C=O) groups is 1. The number of nitrogens with one attached hydrogen (secondary N) is 1. The molecule has 1 aromatic rings. The van der Waals surface area contributed by atoms with E-state index in [1.165, 1.54) is 0 Å². The lowest BCUT2D eigenvalue weighted by Gasteiger charge is -2.19. The first-order chi connectivity index (χ1) is 10.1. The second-order valence-electron chi connectivity index (χ2n) is 5.73. The summed E-state index contributed by atoms with van der Waals surface area (Å²) in [5.74, 6) is 0.0987. The molecule has 21 heavy (non-hydrogen) atoms. The quantitative estimate of drug-likeness (QED) is 0.817. The molecule has 2 rings (SSSR count). The first-order valence-electron chi connectivity index (χ1n) is 7.46. The molecule has 1 aromatic carbocycles. The van der Waals surface area contributed by atoms with E-state index in [-0.39, 0.29) is 18.4 Å². The third-order valence-electron chi connectivity index (χ3n) is 3.90. The van der Waals surface area contributed by atoms with Gasteiger partial charge in [0.25, 0.3) is 0 Å². The fourth-order valence-electron chi connectivity index (χ4n) is 2.49. The van der Waals surface area contributed by atoms with Gasteiger partial charge in [0, 0.05) is 32.2 Å².